The standard InChI is InChI=1S/C19H20N6O/c1-12-5-4-6-13(2)18(12)24-19-23-17(11-20-25-19)22-16-9-7-15(8-10-16)21-14(3)26/h4-11H,1-3H3,(H,21,26)(H2,22,23,24,25). The van der Waals surface area contributed by atoms with Gasteiger partial charge in [-0.15, -0.1) is 5.10 Å². The van der Waals surface area contributed by atoms with Crippen molar-refractivity contribution >= 4 is 34.7 Å². The molecule has 0 unspecified atom stereocenters. The number of amides is 1. The topological polar surface area (TPSA) is 91.8 Å². The molecule has 0 bridgehead atoms. The zero-order valence-corrected chi connectivity index (χ0v) is 14.9. The molecular formula is C19H20N6O. The van der Waals surface area contributed by atoms with Gasteiger partial charge in [0.1, 0.15) is 0 Å². The molecule has 3 rings (SSSR count). The van der Waals surface area contributed by atoms with Gasteiger partial charge in [0, 0.05) is 24.0 Å². The Morgan fingerprint density at radius 1 is 0.923 bits per heavy atom. The molecule has 1 heterocycles. The van der Waals surface area contributed by atoms with E-state index in [1.54, 1.807) is 6.20 Å². The average Bonchev–Trinajstić information content (AvgIpc) is 2.60. The fraction of sp³-hybridized carbons (Fsp3) is 0.158. The third kappa shape index (κ3) is 4.32. The number of nitrogens with one attached hydrogen (secondary N) is 3. The highest BCUT2D eigenvalue weighted by Crippen LogP contribution is 2.23. The van der Waals surface area contributed by atoms with Gasteiger partial charge < -0.3 is 16.0 Å². The van der Waals surface area contributed by atoms with Crippen molar-refractivity contribution in [2.75, 3.05) is 16.0 Å². The first kappa shape index (κ1) is 17.3. The highest BCUT2D eigenvalue weighted by atomic mass is 16.1. The van der Waals surface area contributed by atoms with Crippen molar-refractivity contribution in [1.29, 1.82) is 0 Å². The van der Waals surface area contributed by atoms with Gasteiger partial charge in [-0.1, -0.05) is 18.2 Å². The van der Waals surface area contributed by atoms with Gasteiger partial charge in [0.05, 0.1) is 6.20 Å². The van der Waals surface area contributed by atoms with Crippen LogP contribution in [0.25, 0.3) is 0 Å². The largest absolute Gasteiger partial charge is 0.339 e. The van der Waals surface area contributed by atoms with E-state index in [1.807, 2.05) is 56.3 Å². The van der Waals surface area contributed by atoms with E-state index in [1.165, 1.54) is 6.92 Å². The van der Waals surface area contributed by atoms with Gasteiger partial charge in [0.25, 0.3) is 0 Å². The number of nitrogens with zero attached hydrogens (tertiary/aromatic N) is 3. The fourth-order valence-electron chi connectivity index (χ4n) is 2.53. The van der Waals surface area contributed by atoms with Crippen LogP contribution in [0.15, 0.2) is 48.7 Å². The summed E-state index contributed by atoms with van der Waals surface area (Å²) in [7, 11) is 0. The van der Waals surface area contributed by atoms with Crippen molar-refractivity contribution in [1.82, 2.24) is 15.2 Å². The molecule has 0 aliphatic heterocycles. The van der Waals surface area contributed by atoms with Crippen LogP contribution in [0.1, 0.15) is 18.1 Å². The molecule has 0 aliphatic carbocycles. The van der Waals surface area contributed by atoms with E-state index in [2.05, 4.69) is 31.1 Å². The second-order valence-electron chi connectivity index (χ2n) is 5.94. The first-order chi connectivity index (χ1) is 12.5. The Hall–Kier alpha value is -3.48. The van der Waals surface area contributed by atoms with Crippen molar-refractivity contribution in [2.24, 2.45) is 0 Å². The van der Waals surface area contributed by atoms with Gasteiger partial charge >= 0.3 is 0 Å². The Bertz CT molecular complexity index is 903. The molecule has 0 aliphatic rings. The Kier molecular flexibility index (Phi) is 5.07. The van der Waals surface area contributed by atoms with Crippen LogP contribution in [-0.2, 0) is 4.79 Å². The molecule has 2 aromatic carbocycles. The van der Waals surface area contributed by atoms with Crippen LogP contribution in [0.5, 0.6) is 0 Å². The summed E-state index contributed by atoms with van der Waals surface area (Å²) in [5.41, 5.74) is 4.77. The molecule has 0 saturated carbocycles. The third-order valence-corrected chi connectivity index (χ3v) is 3.75. The Morgan fingerprint density at radius 3 is 2.23 bits per heavy atom. The van der Waals surface area contributed by atoms with E-state index < -0.39 is 0 Å². The summed E-state index contributed by atoms with van der Waals surface area (Å²) in [6.07, 6.45) is 1.55. The molecule has 1 amide bonds. The summed E-state index contributed by atoms with van der Waals surface area (Å²) < 4.78 is 0. The number of benzene rings is 2. The number of para-hydroxylation sites is 1. The van der Waals surface area contributed by atoms with E-state index in [0.29, 0.717) is 11.8 Å². The molecule has 3 aromatic rings. The molecule has 7 heteroatoms. The molecular weight excluding hydrogens is 328 g/mol. The van der Waals surface area contributed by atoms with Gasteiger partial charge in [-0.25, -0.2) is 0 Å². The summed E-state index contributed by atoms with van der Waals surface area (Å²) in [5, 5.41) is 17.2. The van der Waals surface area contributed by atoms with Crippen LogP contribution < -0.4 is 16.0 Å². The van der Waals surface area contributed by atoms with E-state index in [4.69, 9.17) is 0 Å². The Morgan fingerprint density at radius 2 is 1.58 bits per heavy atom. The van der Waals surface area contributed by atoms with Gasteiger partial charge in [0.2, 0.25) is 11.9 Å². The lowest BCUT2D eigenvalue weighted by molar-refractivity contribution is -0.114. The van der Waals surface area contributed by atoms with Gasteiger partial charge in [-0.2, -0.15) is 10.1 Å². The van der Waals surface area contributed by atoms with Crippen LogP contribution in [-0.4, -0.2) is 21.1 Å². The molecule has 3 N–H and O–H groups in total. The van der Waals surface area contributed by atoms with Crippen molar-refractivity contribution in [3.05, 3.63) is 59.8 Å². The second-order valence-corrected chi connectivity index (χ2v) is 5.94. The van der Waals surface area contributed by atoms with Crippen LogP contribution in [0.3, 0.4) is 0 Å². The minimum atomic E-state index is -0.104. The monoisotopic (exact) mass is 348 g/mol. The number of carbonyl (C=O) groups is 1. The highest BCUT2D eigenvalue weighted by molar-refractivity contribution is 5.88. The molecule has 0 radical (unpaired) electrons. The summed E-state index contributed by atoms with van der Waals surface area (Å²) in [5.74, 6) is 0.885. The van der Waals surface area contributed by atoms with Gasteiger partial charge in [-0.3, -0.25) is 4.79 Å². The normalized spacial score (nSPS) is 10.3. The number of carbonyl (C=O) groups excluding carboxylic acids is 1. The molecule has 1 aromatic heterocycles. The zero-order chi connectivity index (χ0) is 18.5. The highest BCUT2D eigenvalue weighted by Gasteiger charge is 2.06. The number of anilines is 5. The van der Waals surface area contributed by atoms with Crippen LogP contribution >= 0.6 is 0 Å². The van der Waals surface area contributed by atoms with Crippen LogP contribution in [0.2, 0.25) is 0 Å². The summed E-state index contributed by atoms with van der Waals surface area (Å²) in [6, 6.07) is 13.4. The fourth-order valence-corrected chi connectivity index (χ4v) is 2.53. The molecule has 26 heavy (non-hydrogen) atoms. The lowest BCUT2D eigenvalue weighted by Crippen LogP contribution is -2.06. The molecule has 7 nitrogen and oxygen atoms in total. The maximum atomic E-state index is 11.1. The Labute approximate surface area is 151 Å². The van der Waals surface area contributed by atoms with E-state index >= 15 is 0 Å². The summed E-state index contributed by atoms with van der Waals surface area (Å²) in [6.45, 7) is 5.53. The molecule has 0 saturated heterocycles. The first-order valence-electron chi connectivity index (χ1n) is 8.19. The summed E-state index contributed by atoms with van der Waals surface area (Å²) in [4.78, 5) is 15.5. The zero-order valence-electron chi connectivity index (χ0n) is 14.9. The number of rotatable bonds is 5. The smallest absolute Gasteiger partial charge is 0.249 e. The van der Waals surface area contributed by atoms with Gasteiger partial charge in [0.15, 0.2) is 5.82 Å². The first-order valence-corrected chi connectivity index (χ1v) is 8.19. The van der Waals surface area contributed by atoms with Crippen molar-refractivity contribution in [2.45, 2.75) is 20.8 Å². The van der Waals surface area contributed by atoms with E-state index in [9.17, 15) is 4.79 Å². The minimum absolute atomic E-state index is 0.104. The van der Waals surface area contributed by atoms with E-state index in [-0.39, 0.29) is 5.91 Å². The quantitative estimate of drug-likeness (QED) is 0.647. The molecule has 0 fully saturated rings. The van der Waals surface area contributed by atoms with Crippen LogP contribution in [0, 0.1) is 13.8 Å². The predicted octanol–water partition coefficient (Wildman–Crippen LogP) is 3.93. The predicted molar refractivity (Wildman–Crippen MR) is 103 cm³/mol. The average molecular weight is 348 g/mol. The Balaban J connectivity index is 1.74. The molecule has 132 valence electrons. The molecule has 0 atom stereocenters. The maximum Gasteiger partial charge on any atom is 0.249 e. The van der Waals surface area contributed by atoms with Crippen molar-refractivity contribution in [3.8, 4) is 0 Å². The minimum Gasteiger partial charge on any atom is -0.339 e. The number of aryl methyl sites for hydroxylation is 2. The lowest BCUT2D eigenvalue weighted by Gasteiger charge is -2.12. The maximum absolute atomic E-state index is 11.1. The van der Waals surface area contributed by atoms with E-state index in [0.717, 1.165) is 28.2 Å². The van der Waals surface area contributed by atoms with Gasteiger partial charge in [-0.05, 0) is 49.2 Å². The van der Waals surface area contributed by atoms with Crippen molar-refractivity contribution in [3.63, 3.8) is 0 Å². The lowest BCUT2D eigenvalue weighted by atomic mass is 10.1. The van der Waals surface area contributed by atoms with Crippen LogP contribution in [0.4, 0.5) is 28.8 Å². The third-order valence-electron chi connectivity index (χ3n) is 3.75. The summed E-state index contributed by atoms with van der Waals surface area (Å²) >= 11 is 0. The number of aromatic nitrogens is 3. The number of hydrogen-bond donors (Lipinski definition) is 3. The van der Waals surface area contributed by atoms with Crippen molar-refractivity contribution < 1.29 is 4.79 Å². The SMILES string of the molecule is CC(=O)Nc1ccc(Nc2cnnc(Nc3c(C)cccc3C)n2)cc1. The molecule has 0 spiro atoms. The number of hydrogen-bond acceptors (Lipinski definition) is 6. The second kappa shape index (κ2) is 7.60.